The van der Waals surface area contributed by atoms with E-state index in [1.54, 1.807) is 12.1 Å². The number of amides is 1. The van der Waals surface area contributed by atoms with Crippen LogP contribution in [-0.4, -0.2) is 28.8 Å². The number of rotatable bonds is 2. The second kappa shape index (κ2) is 5.78. The lowest BCUT2D eigenvalue weighted by Crippen LogP contribution is -2.30. The van der Waals surface area contributed by atoms with E-state index < -0.39 is 0 Å². The number of carbonyl (C=O) groups is 2. The molecule has 1 aromatic heterocycles. The van der Waals surface area contributed by atoms with Crippen LogP contribution in [0.3, 0.4) is 0 Å². The number of hydrogen-bond acceptors (Lipinski definition) is 4. The molecule has 0 spiro atoms. The summed E-state index contributed by atoms with van der Waals surface area (Å²) in [7, 11) is 1.36. The topological polar surface area (TPSA) is 73.2 Å². The Kier molecular flexibility index (Phi) is 3.91. The molecule has 0 saturated heterocycles. The molecule has 1 atom stereocenters. The minimum atomic E-state index is -0.371. The summed E-state index contributed by atoms with van der Waals surface area (Å²) in [6.07, 6.45) is 2.18. The number of benzene rings is 1. The van der Waals surface area contributed by atoms with Gasteiger partial charge < -0.3 is 10.1 Å². The fourth-order valence-corrected chi connectivity index (χ4v) is 3.00. The summed E-state index contributed by atoms with van der Waals surface area (Å²) in [5, 5.41) is 7.41. The highest BCUT2D eigenvalue weighted by atomic mass is 16.5. The first kappa shape index (κ1) is 16.2. The number of hydrogen-bond donors (Lipinski definition) is 1. The standard InChI is InChI=1S/C18H21N3O3/c1-18(2,3)21-16-14(10-19-21)13(9-15(22)20-16)11-5-7-12(8-6-11)17(23)24-4/h5-8,10,13H,9H2,1-4H3,(H,20,22)/t13-/m1/s1. The average molecular weight is 327 g/mol. The smallest absolute Gasteiger partial charge is 0.337 e. The van der Waals surface area contributed by atoms with Crippen LogP contribution in [0.1, 0.15) is 54.6 Å². The van der Waals surface area contributed by atoms with E-state index >= 15 is 0 Å². The summed E-state index contributed by atoms with van der Waals surface area (Å²) in [5.74, 6) is 0.275. The van der Waals surface area contributed by atoms with E-state index in [-0.39, 0.29) is 23.3 Å². The van der Waals surface area contributed by atoms with Crippen LogP contribution in [0, 0.1) is 0 Å². The third-order valence-electron chi connectivity index (χ3n) is 4.19. The van der Waals surface area contributed by atoms with Crippen molar-refractivity contribution in [2.24, 2.45) is 0 Å². The molecule has 6 heteroatoms. The second-order valence-electron chi connectivity index (χ2n) is 6.95. The lowest BCUT2D eigenvalue weighted by atomic mass is 9.87. The zero-order valence-electron chi connectivity index (χ0n) is 14.3. The van der Waals surface area contributed by atoms with Crippen LogP contribution in [0.4, 0.5) is 5.82 Å². The van der Waals surface area contributed by atoms with Crippen molar-refractivity contribution in [1.82, 2.24) is 9.78 Å². The third kappa shape index (κ3) is 2.79. The molecule has 6 nitrogen and oxygen atoms in total. The summed E-state index contributed by atoms with van der Waals surface area (Å²) >= 11 is 0. The number of esters is 1. The second-order valence-corrected chi connectivity index (χ2v) is 6.95. The first-order valence-corrected chi connectivity index (χ1v) is 7.88. The molecular formula is C18H21N3O3. The molecular weight excluding hydrogens is 306 g/mol. The zero-order valence-corrected chi connectivity index (χ0v) is 14.3. The van der Waals surface area contributed by atoms with E-state index in [4.69, 9.17) is 4.74 Å². The molecule has 1 amide bonds. The van der Waals surface area contributed by atoms with Crippen molar-refractivity contribution in [3.8, 4) is 0 Å². The van der Waals surface area contributed by atoms with Crippen LogP contribution in [-0.2, 0) is 15.1 Å². The summed E-state index contributed by atoms with van der Waals surface area (Å²) in [6, 6.07) is 7.19. The van der Waals surface area contributed by atoms with E-state index in [9.17, 15) is 9.59 Å². The summed E-state index contributed by atoms with van der Waals surface area (Å²) < 4.78 is 6.56. The van der Waals surface area contributed by atoms with E-state index in [1.807, 2.05) is 43.8 Å². The van der Waals surface area contributed by atoms with Crippen molar-refractivity contribution in [2.45, 2.75) is 38.6 Å². The van der Waals surface area contributed by atoms with E-state index in [0.29, 0.717) is 12.0 Å². The Bertz CT molecular complexity index is 785. The van der Waals surface area contributed by atoms with Gasteiger partial charge in [0, 0.05) is 17.9 Å². The Morgan fingerprint density at radius 1 is 1.29 bits per heavy atom. The number of methoxy groups -OCH3 is 1. The molecule has 0 radical (unpaired) electrons. The number of nitrogens with one attached hydrogen (secondary N) is 1. The molecule has 1 aromatic carbocycles. The van der Waals surface area contributed by atoms with Crippen LogP contribution in [0.25, 0.3) is 0 Å². The van der Waals surface area contributed by atoms with Crippen molar-refractivity contribution in [3.05, 3.63) is 47.2 Å². The summed E-state index contributed by atoms with van der Waals surface area (Å²) in [5.41, 5.74) is 2.24. The maximum Gasteiger partial charge on any atom is 0.337 e. The molecule has 0 unspecified atom stereocenters. The molecule has 2 aromatic rings. The molecule has 1 aliphatic rings. The highest BCUT2D eigenvalue weighted by molar-refractivity contribution is 5.94. The Hall–Kier alpha value is -2.63. The predicted molar refractivity (Wildman–Crippen MR) is 90.1 cm³/mol. The zero-order chi connectivity index (χ0) is 17.5. The van der Waals surface area contributed by atoms with Crippen molar-refractivity contribution >= 4 is 17.7 Å². The van der Waals surface area contributed by atoms with Gasteiger partial charge in [0.05, 0.1) is 24.4 Å². The number of anilines is 1. The van der Waals surface area contributed by atoms with Gasteiger partial charge in [-0.25, -0.2) is 9.48 Å². The van der Waals surface area contributed by atoms with Crippen LogP contribution < -0.4 is 5.32 Å². The van der Waals surface area contributed by atoms with Crippen molar-refractivity contribution in [2.75, 3.05) is 12.4 Å². The fraction of sp³-hybridized carbons (Fsp3) is 0.389. The van der Waals surface area contributed by atoms with Gasteiger partial charge in [-0.3, -0.25) is 4.79 Å². The summed E-state index contributed by atoms with van der Waals surface area (Å²) in [4.78, 5) is 23.7. The summed E-state index contributed by atoms with van der Waals surface area (Å²) in [6.45, 7) is 6.13. The Labute approximate surface area is 140 Å². The lowest BCUT2D eigenvalue weighted by molar-refractivity contribution is -0.116. The van der Waals surface area contributed by atoms with Gasteiger partial charge in [-0.05, 0) is 38.5 Å². The van der Waals surface area contributed by atoms with Crippen molar-refractivity contribution in [1.29, 1.82) is 0 Å². The molecule has 3 rings (SSSR count). The van der Waals surface area contributed by atoms with Gasteiger partial charge >= 0.3 is 5.97 Å². The largest absolute Gasteiger partial charge is 0.465 e. The molecule has 1 N–H and O–H groups in total. The highest BCUT2D eigenvalue weighted by Gasteiger charge is 2.32. The van der Waals surface area contributed by atoms with Gasteiger partial charge in [0.25, 0.3) is 0 Å². The number of carbonyl (C=O) groups excluding carboxylic acids is 2. The molecule has 0 aliphatic carbocycles. The van der Waals surface area contributed by atoms with Gasteiger partial charge in [-0.1, -0.05) is 12.1 Å². The van der Waals surface area contributed by atoms with Gasteiger partial charge in [0.2, 0.25) is 5.91 Å². The van der Waals surface area contributed by atoms with E-state index in [0.717, 1.165) is 16.9 Å². The van der Waals surface area contributed by atoms with E-state index in [2.05, 4.69) is 10.4 Å². The van der Waals surface area contributed by atoms with Gasteiger partial charge in [-0.15, -0.1) is 0 Å². The SMILES string of the molecule is COC(=O)c1ccc([C@H]2CC(=O)Nc3c2cnn3C(C)(C)C)cc1. The number of fused-ring (bicyclic) bond motifs is 1. The average Bonchev–Trinajstić information content (AvgIpc) is 2.97. The van der Waals surface area contributed by atoms with Crippen LogP contribution >= 0.6 is 0 Å². The monoisotopic (exact) mass is 327 g/mol. The molecule has 0 fully saturated rings. The Morgan fingerprint density at radius 2 is 1.96 bits per heavy atom. The minimum Gasteiger partial charge on any atom is -0.465 e. The Balaban J connectivity index is 2.00. The first-order chi connectivity index (χ1) is 11.3. The quantitative estimate of drug-likeness (QED) is 0.861. The van der Waals surface area contributed by atoms with Crippen molar-refractivity contribution in [3.63, 3.8) is 0 Å². The number of nitrogens with zero attached hydrogens (tertiary/aromatic N) is 2. The maximum atomic E-state index is 12.2. The van der Waals surface area contributed by atoms with Gasteiger partial charge in [-0.2, -0.15) is 5.10 Å². The third-order valence-corrected chi connectivity index (χ3v) is 4.19. The molecule has 2 heterocycles. The number of ether oxygens (including phenoxy) is 1. The van der Waals surface area contributed by atoms with Crippen LogP contribution in [0.5, 0.6) is 0 Å². The molecule has 0 saturated carbocycles. The van der Waals surface area contributed by atoms with Crippen LogP contribution in [0.2, 0.25) is 0 Å². The first-order valence-electron chi connectivity index (χ1n) is 7.88. The highest BCUT2D eigenvalue weighted by Crippen LogP contribution is 2.38. The van der Waals surface area contributed by atoms with E-state index in [1.165, 1.54) is 7.11 Å². The predicted octanol–water partition coefficient (Wildman–Crippen LogP) is 2.90. The fourth-order valence-electron chi connectivity index (χ4n) is 3.00. The minimum absolute atomic E-state index is 0.0319. The van der Waals surface area contributed by atoms with Crippen molar-refractivity contribution < 1.29 is 14.3 Å². The molecule has 1 aliphatic heterocycles. The number of aromatic nitrogens is 2. The lowest BCUT2D eigenvalue weighted by Gasteiger charge is -2.28. The maximum absolute atomic E-state index is 12.2. The van der Waals surface area contributed by atoms with Gasteiger partial charge in [0.1, 0.15) is 5.82 Å². The molecule has 126 valence electrons. The van der Waals surface area contributed by atoms with Crippen LogP contribution in [0.15, 0.2) is 30.5 Å². The molecule has 0 bridgehead atoms. The van der Waals surface area contributed by atoms with Gasteiger partial charge in [0.15, 0.2) is 0 Å². The molecule has 24 heavy (non-hydrogen) atoms. The normalized spacial score (nSPS) is 17.2. The Morgan fingerprint density at radius 3 is 2.54 bits per heavy atom.